The highest BCUT2D eigenvalue weighted by Gasteiger charge is 1.75. The standard InChI is InChI=1S/C9H15N/c1-4-6-7-9(3)8-10-5-2/h5-8H,4H2,1-3H3/b7-6+,9-8-,10-5?. The number of rotatable bonds is 3. The zero-order valence-corrected chi connectivity index (χ0v) is 6.96. The first-order valence-electron chi connectivity index (χ1n) is 3.62. The van der Waals surface area contributed by atoms with Crippen LogP contribution in [0.1, 0.15) is 27.2 Å². The highest BCUT2D eigenvalue weighted by molar-refractivity contribution is 5.54. The molecule has 56 valence electrons. The maximum absolute atomic E-state index is 3.99. The first-order valence-corrected chi connectivity index (χ1v) is 3.62. The fourth-order valence-corrected chi connectivity index (χ4v) is 0.539. The van der Waals surface area contributed by atoms with Gasteiger partial charge in [0.15, 0.2) is 0 Å². The Morgan fingerprint density at radius 1 is 1.50 bits per heavy atom. The molecule has 0 bridgehead atoms. The predicted molar refractivity (Wildman–Crippen MR) is 47.4 cm³/mol. The number of nitrogens with zero attached hydrogens (tertiary/aromatic N) is 1. The topological polar surface area (TPSA) is 12.4 Å². The van der Waals surface area contributed by atoms with Crippen LogP contribution in [0, 0.1) is 0 Å². The van der Waals surface area contributed by atoms with Gasteiger partial charge in [0.05, 0.1) is 0 Å². The van der Waals surface area contributed by atoms with E-state index in [0.717, 1.165) is 6.42 Å². The molecule has 0 heterocycles. The second kappa shape index (κ2) is 6.27. The van der Waals surface area contributed by atoms with Gasteiger partial charge < -0.3 is 0 Å². The van der Waals surface area contributed by atoms with E-state index < -0.39 is 0 Å². The van der Waals surface area contributed by atoms with Crippen LogP contribution in [0.3, 0.4) is 0 Å². The van der Waals surface area contributed by atoms with Crippen molar-refractivity contribution in [1.82, 2.24) is 0 Å². The molecule has 0 N–H and O–H groups in total. The molecule has 0 radical (unpaired) electrons. The van der Waals surface area contributed by atoms with Crippen LogP contribution in [-0.2, 0) is 0 Å². The molecule has 0 aliphatic carbocycles. The summed E-state index contributed by atoms with van der Waals surface area (Å²) in [5, 5.41) is 0. The quantitative estimate of drug-likeness (QED) is 0.419. The minimum absolute atomic E-state index is 1.08. The molecular weight excluding hydrogens is 122 g/mol. The molecule has 0 aromatic carbocycles. The van der Waals surface area contributed by atoms with Crippen molar-refractivity contribution in [3.8, 4) is 0 Å². The van der Waals surface area contributed by atoms with E-state index in [-0.39, 0.29) is 0 Å². The van der Waals surface area contributed by atoms with Gasteiger partial charge in [0.25, 0.3) is 0 Å². The zero-order valence-electron chi connectivity index (χ0n) is 6.96. The lowest BCUT2D eigenvalue weighted by Gasteiger charge is -1.85. The van der Waals surface area contributed by atoms with Crippen molar-refractivity contribution in [2.75, 3.05) is 0 Å². The van der Waals surface area contributed by atoms with E-state index in [1.54, 1.807) is 6.21 Å². The summed E-state index contributed by atoms with van der Waals surface area (Å²) in [4.78, 5) is 3.99. The van der Waals surface area contributed by atoms with Gasteiger partial charge in [-0.25, -0.2) is 0 Å². The summed E-state index contributed by atoms with van der Waals surface area (Å²) in [5.41, 5.74) is 1.19. The molecule has 10 heavy (non-hydrogen) atoms. The Labute approximate surface area is 63.2 Å². The van der Waals surface area contributed by atoms with Crippen LogP contribution in [-0.4, -0.2) is 6.21 Å². The molecule has 0 atom stereocenters. The van der Waals surface area contributed by atoms with Gasteiger partial charge in [-0.3, -0.25) is 4.99 Å². The second-order valence-electron chi connectivity index (χ2n) is 2.09. The van der Waals surface area contributed by atoms with E-state index in [2.05, 4.69) is 24.1 Å². The molecule has 0 amide bonds. The molecule has 0 aliphatic rings. The van der Waals surface area contributed by atoms with Gasteiger partial charge in [-0.15, -0.1) is 0 Å². The minimum Gasteiger partial charge on any atom is -0.269 e. The first-order chi connectivity index (χ1) is 4.81. The van der Waals surface area contributed by atoms with Crippen molar-refractivity contribution in [2.24, 2.45) is 4.99 Å². The summed E-state index contributed by atoms with van der Waals surface area (Å²) in [5.74, 6) is 0. The SMILES string of the molecule is CC=N/C=C(C)\C=C\CC. The number of hydrogen-bond acceptors (Lipinski definition) is 1. The second-order valence-corrected chi connectivity index (χ2v) is 2.09. The molecule has 0 spiro atoms. The van der Waals surface area contributed by atoms with Crippen molar-refractivity contribution in [3.05, 3.63) is 23.9 Å². The van der Waals surface area contributed by atoms with E-state index in [1.807, 2.05) is 20.0 Å². The van der Waals surface area contributed by atoms with Crippen LogP contribution in [0.15, 0.2) is 28.9 Å². The van der Waals surface area contributed by atoms with E-state index >= 15 is 0 Å². The Morgan fingerprint density at radius 3 is 2.70 bits per heavy atom. The van der Waals surface area contributed by atoms with Gasteiger partial charge in [-0.1, -0.05) is 19.1 Å². The fraction of sp³-hybridized carbons (Fsp3) is 0.444. The molecule has 0 aliphatic heterocycles. The molecule has 0 aromatic heterocycles. The molecule has 0 rings (SSSR count). The monoisotopic (exact) mass is 137 g/mol. The maximum atomic E-state index is 3.99. The highest BCUT2D eigenvalue weighted by Crippen LogP contribution is 1.95. The maximum Gasteiger partial charge on any atom is 0.0292 e. The largest absolute Gasteiger partial charge is 0.269 e. The minimum atomic E-state index is 1.08. The van der Waals surface area contributed by atoms with Crippen LogP contribution >= 0.6 is 0 Å². The van der Waals surface area contributed by atoms with Gasteiger partial charge >= 0.3 is 0 Å². The van der Waals surface area contributed by atoms with Gasteiger partial charge in [-0.05, 0) is 25.8 Å². The number of allylic oxidation sites excluding steroid dienone is 3. The Morgan fingerprint density at radius 2 is 2.20 bits per heavy atom. The summed E-state index contributed by atoms with van der Waals surface area (Å²) in [7, 11) is 0. The average Bonchev–Trinajstić information content (AvgIpc) is 1.97. The Bertz CT molecular complexity index is 152. The number of hydrogen-bond donors (Lipinski definition) is 0. The van der Waals surface area contributed by atoms with Crippen LogP contribution in [0.2, 0.25) is 0 Å². The molecule has 1 nitrogen and oxygen atoms in total. The summed E-state index contributed by atoms with van der Waals surface area (Å²) < 4.78 is 0. The lowest BCUT2D eigenvalue weighted by Crippen LogP contribution is -1.66. The van der Waals surface area contributed by atoms with Crippen LogP contribution in [0.5, 0.6) is 0 Å². The van der Waals surface area contributed by atoms with Crippen LogP contribution in [0.25, 0.3) is 0 Å². The van der Waals surface area contributed by atoms with Crippen molar-refractivity contribution in [3.63, 3.8) is 0 Å². The summed E-state index contributed by atoms with van der Waals surface area (Å²) >= 11 is 0. The molecule has 0 fully saturated rings. The first kappa shape index (κ1) is 9.15. The normalized spacial score (nSPS) is 13.7. The predicted octanol–water partition coefficient (Wildman–Crippen LogP) is 2.95. The van der Waals surface area contributed by atoms with Crippen LogP contribution in [0.4, 0.5) is 0 Å². The zero-order chi connectivity index (χ0) is 7.82. The molecule has 0 unspecified atom stereocenters. The summed E-state index contributed by atoms with van der Waals surface area (Å²) in [6.07, 6.45) is 8.92. The van der Waals surface area contributed by atoms with Crippen molar-refractivity contribution in [1.29, 1.82) is 0 Å². The van der Waals surface area contributed by atoms with Crippen molar-refractivity contribution < 1.29 is 0 Å². The van der Waals surface area contributed by atoms with E-state index in [0.29, 0.717) is 0 Å². The molecule has 0 saturated carbocycles. The van der Waals surface area contributed by atoms with Gasteiger partial charge in [-0.2, -0.15) is 0 Å². The van der Waals surface area contributed by atoms with Crippen molar-refractivity contribution >= 4 is 6.21 Å². The lowest BCUT2D eigenvalue weighted by molar-refractivity contribution is 1.21. The fourth-order valence-electron chi connectivity index (χ4n) is 0.539. The van der Waals surface area contributed by atoms with Gasteiger partial charge in [0, 0.05) is 12.4 Å². The van der Waals surface area contributed by atoms with Crippen molar-refractivity contribution in [2.45, 2.75) is 27.2 Å². The third-order valence-electron chi connectivity index (χ3n) is 1.04. The molecule has 0 aromatic rings. The lowest BCUT2D eigenvalue weighted by atomic mass is 10.3. The average molecular weight is 137 g/mol. The third-order valence-corrected chi connectivity index (χ3v) is 1.04. The highest BCUT2D eigenvalue weighted by atomic mass is 14.7. The number of aliphatic imine (C=N–C) groups is 1. The molecule has 1 heteroatoms. The smallest absolute Gasteiger partial charge is 0.0292 e. The van der Waals surface area contributed by atoms with E-state index in [4.69, 9.17) is 0 Å². The van der Waals surface area contributed by atoms with Crippen LogP contribution < -0.4 is 0 Å². The van der Waals surface area contributed by atoms with E-state index in [1.165, 1.54) is 5.57 Å². The third kappa shape index (κ3) is 5.29. The summed E-state index contributed by atoms with van der Waals surface area (Å²) in [6, 6.07) is 0. The van der Waals surface area contributed by atoms with E-state index in [9.17, 15) is 0 Å². The molecular formula is C9H15N. The Kier molecular flexibility index (Phi) is 5.74. The van der Waals surface area contributed by atoms with Gasteiger partial charge in [0.1, 0.15) is 0 Å². The Hall–Kier alpha value is -0.850. The summed E-state index contributed by atoms with van der Waals surface area (Å²) in [6.45, 7) is 6.07. The van der Waals surface area contributed by atoms with Gasteiger partial charge in [0.2, 0.25) is 0 Å². The molecule has 0 saturated heterocycles. The Balaban J connectivity index is 3.81.